The van der Waals surface area contributed by atoms with Crippen LogP contribution in [0, 0.1) is 6.92 Å². The lowest BCUT2D eigenvalue weighted by molar-refractivity contribution is 0.266. The van der Waals surface area contributed by atoms with Crippen LogP contribution in [0.3, 0.4) is 0 Å². The quantitative estimate of drug-likeness (QED) is 0.854. The number of hydrogen-bond acceptors (Lipinski definition) is 3. The van der Waals surface area contributed by atoms with Crippen LogP contribution >= 0.6 is 0 Å². The fourth-order valence-electron chi connectivity index (χ4n) is 2.48. The molecule has 3 heteroatoms. The first-order chi connectivity index (χ1) is 8.20. The Balaban J connectivity index is 1.95. The summed E-state index contributed by atoms with van der Waals surface area (Å²) in [7, 11) is 2.18. The number of aryl methyl sites for hydroxylation is 1. The predicted octanol–water partition coefficient (Wildman–Crippen LogP) is 1.46. The van der Waals surface area contributed by atoms with E-state index in [9.17, 15) is 0 Å². The molecule has 1 aliphatic rings. The maximum atomic E-state index is 5.60. The maximum Gasteiger partial charge on any atom is 0.0366 e. The van der Waals surface area contributed by atoms with Crippen LogP contribution in [-0.2, 0) is 0 Å². The summed E-state index contributed by atoms with van der Waals surface area (Å²) in [5, 5.41) is 0. The van der Waals surface area contributed by atoms with Gasteiger partial charge in [0.05, 0.1) is 0 Å². The highest BCUT2D eigenvalue weighted by Gasteiger charge is 2.25. The van der Waals surface area contributed by atoms with Crippen LogP contribution in [0.25, 0.3) is 0 Å². The molecule has 17 heavy (non-hydrogen) atoms. The molecular formula is C14H23N3. The smallest absolute Gasteiger partial charge is 0.0366 e. The molecule has 1 saturated heterocycles. The van der Waals surface area contributed by atoms with Gasteiger partial charge in [0.2, 0.25) is 0 Å². The highest BCUT2D eigenvalue weighted by Crippen LogP contribution is 2.22. The van der Waals surface area contributed by atoms with E-state index >= 15 is 0 Å². The lowest BCUT2D eigenvalue weighted by atomic mass is 10.2. The van der Waals surface area contributed by atoms with Crippen LogP contribution in [0.2, 0.25) is 0 Å². The fourth-order valence-corrected chi connectivity index (χ4v) is 2.48. The van der Waals surface area contributed by atoms with Crippen LogP contribution in [0.4, 0.5) is 5.69 Å². The van der Waals surface area contributed by atoms with Gasteiger partial charge in [0.15, 0.2) is 0 Å². The third-order valence-electron chi connectivity index (χ3n) is 3.67. The van der Waals surface area contributed by atoms with E-state index in [2.05, 4.69) is 48.0 Å². The Kier molecular flexibility index (Phi) is 4.02. The molecule has 1 aromatic rings. The standard InChI is InChI=1S/C14H23N3/c1-12-3-5-13(6-4-12)17-9-7-14(11-17)16(2)10-8-15/h3-6,14H,7-11,15H2,1-2H3. The Morgan fingerprint density at radius 2 is 2.06 bits per heavy atom. The van der Waals surface area contributed by atoms with Gasteiger partial charge in [0.1, 0.15) is 0 Å². The number of nitrogens with zero attached hydrogens (tertiary/aromatic N) is 2. The second-order valence-electron chi connectivity index (χ2n) is 4.99. The Labute approximate surface area is 104 Å². The first-order valence-electron chi connectivity index (χ1n) is 6.42. The van der Waals surface area contributed by atoms with Gasteiger partial charge < -0.3 is 15.5 Å². The Hall–Kier alpha value is -1.06. The topological polar surface area (TPSA) is 32.5 Å². The molecule has 0 saturated carbocycles. The zero-order valence-corrected chi connectivity index (χ0v) is 10.9. The van der Waals surface area contributed by atoms with Gasteiger partial charge in [-0.25, -0.2) is 0 Å². The molecule has 3 nitrogen and oxygen atoms in total. The molecule has 1 unspecified atom stereocenters. The molecule has 1 aliphatic heterocycles. The van der Waals surface area contributed by atoms with Crippen molar-refractivity contribution in [2.24, 2.45) is 5.73 Å². The molecule has 1 heterocycles. The number of anilines is 1. The van der Waals surface area contributed by atoms with E-state index in [1.54, 1.807) is 0 Å². The minimum atomic E-state index is 0.653. The zero-order chi connectivity index (χ0) is 12.3. The maximum absolute atomic E-state index is 5.60. The molecule has 0 radical (unpaired) electrons. The largest absolute Gasteiger partial charge is 0.370 e. The van der Waals surface area contributed by atoms with E-state index in [1.165, 1.54) is 17.7 Å². The Bertz CT molecular complexity index is 347. The van der Waals surface area contributed by atoms with Gasteiger partial charge in [0.25, 0.3) is 0 Å². The summed E-state index contributed by atoms with van der Waals surface area (Å²) in [5.41, 5.74) is 8.27. The molecule has 1 fully saturated rings. The van der Waals surface area contributed by atoms with Gasteiger partial charge in [-0.1, -0.05) is 17.7 Å². The second-order valence-corrected chi connectivity index (χ2v) is 4.99. The van der Waals surface area contributed by atoms with E-state index in [0.29, 0.717) is 6.04 Å². The molecule has 0 bridgehead atoms. The van der Waals surface area contributed by atoms with Crippen LogP contribution < -0.4 is 10.6 Å². The minimum absolute atomic E-state index is 0.653. The van der Waals surface area contributed by atoms with Crippen molar-refractivity contribution in [2.45, 2.75) is 19.4 Å². The van der Waals surface area contributed by atoms with E-state index in [0.717, 1.165) is 26.2 Å². The van der Waals surface area contributed by atoms with Crippen molar-refractivity contribution in [2.75, 3.05) is 38.1 Å². The summed E-state index contributed by atoms with van der Waals surface area (Å²) < 4.78 is 0. The van der Waals surface area contributed by atoms with Crippen LogP contribution in [0.5, 0.6) is 0 Å². The van der Waals surface area contributed by atoms with Crippen LogP contribution in [-0.4, -0.2) is 44.2 Å². The number of likely N-dealkylation sites (N-methyl/N-ethyl adjacent to an activating group) is 1. The summed E-state index contributed by atoms with van der Waals surface area (Å²) in [4.78, 5) is 4.85. The van der Waals surface area contributed by atoms with Crippen molar-refractivity contribution in [1.29, 1.82) is 0 Å². The molecule has 94 valence electrons. The number of nitrogens with two attached hydrogens (primary N) is 1. The zero-order valence-electron chi connectivity index (χ0n) is 10.9. The van der Waals surface area contributed by atoms with Crippen molar-refractivity contribution >= 4 is 5.69 Å². The van der Waals surface area contributed by atoms with Crippen molar-refractivity contribution in [3.8, 4) is 0 Å². The number of rotatable bonds is 4. The third kappa shape index (κ3) is 2.99. The third-order valence-corrected chi connectivity index (χ3v) is 3.67. The number of benzene rings is 1. The molecule has 1 atom stereocenters. The van der Waals surface area contributed by atoms with Gasteiger partial charge >= 0.3 is 0 Å². The van der Waals surface area contributed by atoms with Gasteiger partial charge in [0, 0.05) is 37.9 Å². The fraction of sp³-hybridized carbons (Fsp3) is 0.571. The van der Waals surface area contributed by atoms with Crippen molar-refractivity contribution < 1.29 is 0 Å². The summed E-state index contributed by atoms with van der Waals surface area (Å²) >= 11 is 0. The molecule has 2 N–H and O–H groups in total. The van der Waals surface area contributed by atoms with Crippen molar-refractivity contribution in [3.05, 3.63) is 29.8 Å². The average Bonchev–Trinajstić information content (AvgIpc) is 2.80. The summed E-state index contributed by atoms with van der Waals surface area (Å²) in [6.07, 6.45) is 1.24. The summed E-state index contributed by atoms with van der Waals surface area (Å²) in [5.74, 6) is 0. The Morgan fingerprint density at radius 3 is 2.71 bits per heavy atom. The monoisotopic (exact) mass is 233 g/mol. The van der Waals surface area contributed by atoms with Crippen LogP contribution in [0.15, 0.2) is 24.3 Å². The van der Waals surface area contributed by atoms with E-state index in [-0.39, 0.29) is 0 Å². The molecule has 0 amide bonds. The molecule has 2 rings (SSSR count). The van der Waals surface area contributed by atoms with Gasteiger partial charge in [-0.2, -0.15) is 0 Å². The van der Waals surface area contributed by atoms with Crippen molar-refractivity contribution in [3.63, 3.8) is 0 Å². The van der Waals surface area contributed by atoms with E-state index in [1.807, 2.05) is 0 Å². The second kappa shape index (κ2) is 5.52. The molecule has 0 spiro atoms. The molecule has 0 aromatic heterocycles. The van der Waals surface area contributed by atoms with Crippen molar-refractivity contribution in [1.82, 2.24) is 4.90 Å². The first kappa shape index (κ1) is 12.4. The Morgan fingerprint density at radius 1 is 1.35 bits per heavy atom. The molecular weight excluding hydrogens is 210 g/mol. The minimum Gasteiger partial charge on any atom is -0.370 e. The SMILES string of the molecule is Cc1ccc(N2CCC(N(C)CCN)C2)cc1. The van der Waals surface area contributed by atoms with E-state index in [4.69, 9.17) is 5.73 Å². The molecule has 0 aliphatic carbocycles. The van der Waals surface area contributed by atoms with Crippen LogP contribution in [0.1, 0.15) is 12.0 Å². The van der Waals surface area contributed by atoms with Gasteiger partial charge in [-0.3, -0.25) is 0 Å². The highest BCUT2D eigenvalue weighted by molar-refractivity contribution is 5.48. The highest BCUT2D eigenvalue weighted by atomic mass is 15.2. The normalized spacial score (nSPS) is 20.2. The predicted molar refractivity (Wildman–Crippen MR) is 73.5 cm³/mol. The summed E-state index contributed by atoms with van der Waals surface area (Å²) in [6.45, 7) is 6.15. The lowest BCUT2D eigenvalue weighted by Gasteiger charge is -2.24. The first-order valence-corrected chi connectivity index (χ1v) is 6.42. The van der Waals surface area contributed by atoms with E-state index < -0.39 is 0 Å². The molecule has 1 aromatic carbocycles. The average molecular weight is 233 g/mol. The number of hydrogen-bond donors (Lipinski definition) is 1. The summed E-state index contributed by atoms with van der Waals surface area (Å²) in [6, 6.07) is 9.47. The van der Waals surface area contributed by atoms with Gasteiger partial charge in [-0.05, 0) is 32.5 Å². The van der Waals surface area contributed by atoms with Gasteiger partial charge in [-0.15, -0.1) is 0 Å². The lowest BCUT2D eigenvalue weighted by Crippen LogP contribution is -2.37.